The number of nitrogens with zero attached hydrogens (tertiary/aromatic N) is 1. The highest BCUT2D eigenvalue weighted by Crippen LogP contribution is 2.44. The van der Waals surface area contributed by atoms with Gasteiger partial charge in [0, 0.05) is 0 Å². The normalized spacial score (nSPS) is 22.8. The van der Waals surface area contributed by atoms with Crippen molar-refractivity contribution in [1.82, 2.24) is 10.2 Å². The van der Waals surface area contributed by atoms with Gasteiger partial charge in [-0.05, 0) is 69.8 Å². The Morgan fingerprint density at radius 2 is 1.86 bits per heavy atom. The largest absolute Gasteiger partial charge is 0.463 e. The Bertz CT molecular complexity index is 450. The molecular formula is C18H30N2O. The summed E-state index contributed by atoms with van der Waals surface area (Å²) in [5, 5.41) is 3.17. The molecule has 3 heteroatoms. The topological polar surface area (TPSA) is 28.4 Å². The fraction of sp³-hybridized carbons (Fsp3) is 0.778. The maximum absolute atomic E-state index is 5.99. The summed E-state index contributed by atoms with van der Waals surface area (Å²) in [4.78, 5) is 2.58. The van der Waals surface area contributed by atoms with E-state index in [2.05, 4.69) is 23.2 Å². The van der Waals surface area contributed by atoms with E-state index in [1.807, 2.05) is 7.05 Å². The van der Waals surface area contributed by atoms with Crippen LogP contribution in [-0.4, -0.2) is 25.0 Å². The maximum Gasteiger partial charge on any atom is 0.120 e. The van der Waals surface area contributed by atoms with E-state index in [0.717, 1.165) is 24.6 Å². The van der Waals surface area contributed by atoms with Gasteiger partial charge in [-0.15, -0.1) is 0 Å². The lowest BCUT2D eigenvalue weighted by molar-refractivity contribution is 0.0606. The van der Waals surface area contributed by atoms with E-state index in [4.69, 9.17) is 4.42 Å². The number of hydrogen-bond acceptors (Lipinski definition) is 3. The zero-order valence-electron chi connectivity index (χ0n) is 13.7. The molecule has 21 heavy (non-hydrogen) atoms. The van der Waals surface area contributed by atoms with Gasteiger partial charge in [-0.3, -0.25) is 4.90 Å². The van der Waals surface area contributed by atoms with Crippen molar-refractivity contribution in [3.05, 3.63) is 23.2 Å². The predicted octanol–water partition coefficient (Wildman–Crippen LogP) is 3.85. The van der Waals surface area contributed by atoms with E-state index < -0.39 is 0 Å². The first kappa shape index (κ1) is 15.1. The first-order chi connectivity index (χ1) is 10.2. The molecule has 1 aromatic rings. The molecule has 1 N–H and O–H groups in total. The maximum atomic E-state index is 5.99. The van der Waals surface area contributed by atoms with Crippen LogP contribution in [0, 0.1) is 12.3 Å². The fourth-order valence-corrected chi connectivity index (χ4v) is 4.21. The Morgan fingerprint density at radius 3 is 2.52 bits per heavy atom. The molecule has 1 aliphatic carbocycles. The van der Waals surface area contributed by atoms with Crippen molar-refractivity contribution in [3.8, 4) is 0 Å². The molecule has 3 nitrogen and oxygen atoms in total. The molecule has 1 saturated heterocycles. The van der Waals surface area contributed by atoms with Crippen LogP contribution >= 0.6 is 0 Å². The van der Waals surface area contributed by atoms with Crippen molar-refractivity contribution < 1.29 is 4.42 Å². The molecule has 0 radical (unpaired) electrons. The van der Waals surface area contributed by atoms with E-state index in [1.165, 1.54) is 63.6 Å². The summed E-state index contributed by atoms with van der Waals surface area (Å²) < 4.78 is 5.99. The highest BCUT2D eigenvalue weighted by atomic mass is 16.3. The number of likely N-dealkylation sites (tertiary alicyclic amines) is 1. The SMILES string of the molecule is CNCc1oc(CN2CCC3(CCCCC3)CC2)cc1C. The van der Waals surface area contributed by atoms with Crippen molar-refractivity contribution in [1.29, 1.82) is 0 Å². The summed E-state index contributed by atoms with van der Waals surface area (Å²) in [5.41, 5.74) is 1.98. The zero-order chi connectivity index (χ0) is 14.7. The summed E-state index contributed by atoms with van der Waals surface area (Å²) >= 11 is 0. The van der Waals surface area contributed by atoms with Gasteiger partial charge in [-0.25, -0.2) is 0 Å². The molecule has 0 amide bonds. The Labute approximate surface area is 129 Å². The van der Waals surface area contributed by atoms with E-state index in [0.29, 0.717) is 5.41 Å². The van der Waals surface area contributed by atoms with Crippen molar-refractivity contribution in [2.24, 2.45) is 5.41 Å². The van der Waals surface area contributed by atoms with Crippen LogP contribution in [0.15, 0.2) is 10.5 Å². The van der Waals surface area contributed by atoms with Crippen molar-refractivity contribution in [2.45, 2.75) is 65.0 Å². The number of aryl methyl sites for hydroxylation is 1. The van der Waals surface area contributed by atoms with Crippen LogP contribution < -0.4 is 5.32 Å². The van der Waals surface area contributed by atoms with Gasteiger partial charge in [-0.2, -0.15) is 0 Å². The second kappa shape index (κ2) is 6.53. The summed E-state index contributed by atoms with van der Waals surface area (Å²) in [6.45, 7) is 6.46. The lowest BCUT2D eigenvalue weighted by Gasteiger charge is -2.44. The molecule has 3 rings (SSSR count). The van der Waals surface area contributed by atoms with Crippen LogP contribution in [0.5, 0.6) is 0 Å². The second-order valence-electron chi connectivity index (χ2n) is 7.19. The van der Waals surface area contributed by atoms with Crippen LogP contribution in [0.2, 0.25) is 0 Å². The third kappa shape index (κ3) is 3.51. The molecule has 0 aromatic carbocycles. The second-order valence-corrected chi connectivity index (χ2v) is 7.19. The smallest absolute Gasteiger partial charge is 0.120 e. The number of furan rings is 1. The van der Waals surface area contributed by atoms with E-state index in [1.54, 1.807) is 0 Å². The van der Waals surface area contributed by atoms with Gasteiger partial charge in [0.25, 0.3) is 0 Å². The Kier molecular flexibility index (Phi) is 4.70. The van der Waals surface area contributed by atoms with Gasteiger partial charge >= 0.3 is 0 Å². The van der Waals surface area contributed by atoms with Crippen LogP contribution in [0.1, 0.15) is 62.0 Å². The summed E-state index contributed by atoms with van der Waals surface area (Å²) in [7, 11) is 1.97. The molecule has 1 spiro atoms. The lowest BCUT2D eigenvalue weighted by atomic mass is 9.68. The molecule has 2 fully saturated rings. The average molecular weight is 290 g/mol. The molecular weight excluding hydrogens is 260 g/mol. The fourth-order valence-electron chi connectivity index (χ4n) is 4.21. The van der Waals surface area contributed by atoms with Gasteiger partial charge in [0.05, 0.1) is 13.1 Å². The van der Waals surface area contributed by atoms with E-state index >= 15 is 0 Å². The van der Waals surface area contributed by atoms with Crippen molar-refractivity contribution in [3.63, 3.8) is 0 Å². The Morgan fingerprint density at radius 1 is 1.14 bits per heavy atom. The molecule has 118 valence electrons. The van der Waals surface area contributed by atoms with Gasteiger partial charge in [-0.1, -0.05) is 19.3 Å². The summed E-state index contributed by atoms with van der Waals surface area (Å²) in [6, 6.07) is 2.22. The standard InChI is InChI=1S/C18H30N2O/c1-15-12-16(21-17(15)13-19-2)14-20-10-8-18(9-11-20)6-4-3-5-7-18/h12,19H,3-11,13-14H2,1-2H3. The Balaban J connectivity index is 1.54. The average Bonchev–Trinajstić information content (AvgIpc) is 2.83. The Hall–Kier alpha value is -0.800. The van der Waals surface area contributed by atoms with Crippen molar-refractivity contribution >= 4 is 0 Å². The number of rotatable bonds is 4. The summed E-state index contributed by atoms with van der Waals surface area (Å²) in [6.07, 6.45) is 10.1. The first-order valence-corrected chi connectivity index (χ1v) is 8.66. The number of piperidine rings is 1. The lowest BCUT2D eigenvalue weighted by Crippen LogP contribution is -2.40. The zero-order valence-corrected chi connectivity index (χ0v) is 13.7. The van der Waals surface area contributed by atoms with E-state index in [-0.39, 0.29) is 0 Å². The predicted molar refractivity (Wildman–Crippen MR) is 86.2 cm³/mol. The van der Waals surface area contributed by atoms with Gasteiger partial charge in [0.15, 0.2) is 0 Å². The highest BCUT2D eigenvalue weighted by molar-refractivity contribution is 5.20. The minimum absolute atomic E-state index is 0.700. The number of hydrogen-bond donors (Lipinski definition) is 1. The van der Waals surface area contributed by atoms with Crippen molar-refractivity contribution in [2.75, 3.05) is 20.1 Å². The summed E-state index contributed by atoms with van der Waals surface area (Å²) in [5.74, 6) is 2.23. The van der Waals surface area contributed by atoms with Crippen LogP contribution in [0.25, 0.3) is 0 Å². The monoisotopic (exact) mass is 290 g/mol. The van der Waals surface area contributed by atoms with Crippen LogP contribution in [0.4, 0.5) is 0 Å². The van der Waals surface area contributed by atoms with Gasteiger partial charge in [0.2, 0.25) is 0 Å². The third-order valence-corrected chi connectivity index (χ3v) is 5.62. The third-order valence-electron chi connectivity index (χ3n) is 5.62. The molecule has 2 heterocycles. The molecule has 1 aliphatic heterocycles. The highest BCUT2D eigenvalue weighted by Gasteiger charge is 2.35. The molecule has 2 aliphatic rings. The quantitative estimate of drug-likeness (QED) is 0.913. The van der Waals surface area contributed by atoms with Crippen LogP contribution in [-0.2, 0) is 13.1 Å². The minimum atomic E-state index is 0.700. The molecule has 1 aromatic heterocycles. The van der Waals surface area contributed by atoms with E-state index in [9.17, 15) is 0 Å². The van der Waals surface area contributed by atoms with Gasteiger partial charge in [0.1, 0.15) is 11.5 Å². The molecule has 0 bridgehead atoms. The van der Waals surface area contributed by atoms with Crippen LogP contribution in [0.3, 0.4) is 0 Å². The molecule has 0 unspecified atom stereocenters. The van der Waals surface area contributed by atoms with Gasteiger partial charge < -0.3 is 9.73 Å². The minimum Gasteiger partial charge on any atom is -0.463 e. The number of nitrogens with one attached hydrogen (secondary N) is 1. The first-order valence-electron chi connectivity index (χ1n) is 8.66. The molecule has 1 saturated carbocycles. The molecule has 0 atom stereocenters.